The molecule has 1 aromatic carbocycles. The van der Waals surface area contributed by atoms with Crippen LogP contribution >= 0.6 is 0 Å². The van der Waals surface area contributed by atoms with Crippen LogP contribution in [-0.4, -0.2) is 53.3 Å². The molecule has 2 amide bonds. The third-order valence-corrected chi connectivity index (χ3v) is 4.00. The fourth-order valence-corrected chi connectivity index (χ4v) is 2.69. The summed E-state index contributed by atoms with van der Waals surface area (Å²) in [6, 6.07) is 10.3. The van der Waals surface area contributed by atoms with Crippen molar-refractivity contribution < 1.29 is 9.53 Å². The van der Waals surface area contributed by atoms with Crippen molar-refractivity contribution in [1.82, 2.24) is 19.8 Å². The lowest BCUT2D eigenvalue weighted by Crippen LogP contribution is -2.46. The van der Waals surface area contributed by atoms with E-state index >= 15 is 0 Å². The van der Waals surface area contributed by atoms with Crippen molar-refractivity contribution in [2.75, 3.05) is 26.8 Å². The first-order chi connectivity index (χ1) is 12.2. The first-order valence-corrected chi connectivity index (χ1v) is 8.73. The first kappa shape index (κ1) is 19.0. The molecule has 0 fully saturated rings. The van der Waals surface area contributed by atoms with Gasteiger partial charge >= 0.3 is 6.03 Å². The Morgan fingerprint density at radius 3 is 2.80 bits per heavy atom. The van der Waals surface area contributed by atoms with Gasteiger partial charge in [-0.05, 0) is 25.3 Å². The second-order valence-corrected chi connectivity index (χ2v) is 6.18. The Kier molecular flexibility index (Phi) is 7.98. The monoisotopic (exact) mass is 344 g/mol. The van der Waals surface area contributed by atoms with Gasteiger partial charge in [-0.2, -0.15) is 0 Å². The molecule has 0 spiro atoms. The maximum Gasteiger partial charge on any atom is 0.317 e. The average Bonchev–Trinajstić information content (AvgIpc) is 3.11. The van der Waals surface area contributed by atoms with E-state index < -0.39 is 0 Å². The summed E-state index contributed by atoms with van der Waals surface area (Å²) < 4.78 is 7.10. The zero-order chi connectivity index (χ0) is 17.9. The molecule has 1 unspecified atom stereocenters. The molecule has 0 aliphatic rings. The lowest BCUT2D eigenvalue weighted by Gasteiger charge is -2.25. The quantitative estimate of drug-likeness (QED) is 0.721. The maximum atomic E-state index is 12.6. The number of benzene rings is 1. The largest absolute Gasteiger partial charge is 0.383 e. The molecule has 0 aliphatic carbocycles. The van der Waals surface area contributed by atoms with Crippen LogP contribution in [0.1, 0.15) is 18.9 Å². The minimum absolute atomic E-state index is 0.0286. The average molecular weight is 344 g/mol. The molecule has 6 nitrogen and oxygen atoms in total. The van der Waals surface area contributed by atoms with Crippen molar-refractivity contribution in [1.29, 1.82) is 0 Å². The summed E-state index contributed by atoms with van der Waals surface area (Å²) in [4.78, 5) is 18.4. The van der Waals surface area contributed by atoms with E-state index in [1.165, 1.54) is 5.56 Å². The van der Waals surface area contributed by atoms with E-state index in [4.69, 9.17) is 4.74 Å². The number of amides is 2. The summed E-state index contributed by atoms with van der Waals surface area (Å²) in [6.07, 6.45) is 7.28. The summed E-state index contributed by atoms with van der Waals surface area (Å²) >= 11 is 0. The minimum atomic E-state index is -0.0438. The number of hydrogen-bond acceptors (Lipinski definition) is 3. The zero-order valence-corrected chi connectivity index (χ0v) is 15.1. The normalized spacial score (nSPS) is 11.9. The summed E-state index contributed by atoms with van der Waals surface area (Å²) in [7, 11) is 1.65. The van der Waals surface area contributed by atoms with Crippen LogP contribution in [0.4, 0.5) is 4.79 Å². The highest BCUT2D eigenvalue weighted by Gasteiger charge is 2.15. The van der Waals surface area contributed by atoms with Gasteiger partial charge in [-0.25, -0.2) is 9.78 Å². The molecule has 1 aromatic heterocycles. The van der Waals surface area contributed by atoms with Gasteiger partial charge in [0.2, 0.25) is 0 Å². The van der Waals surface area contributed by atoms with E-state index in [0.29, 0.717) is 26.2 Å². The molecule has 2 rings (SSSR count). The predicted molar refractivity (Wildman–Crippen MR) is 98.4 cm³/mol. The number of carbonyl (C=O) groups excluding carboxylic acids is 1. The highest BCUT2D eigenvalue weighted by molar-refractivity contribution is 5.74. The number of hydrogen-bond donors (Lipinski definition) is 1. The Labute approximate surface area is 149 Å². The maximum absolute atomic E-state index is 12.6. The van der Waals surface area contributed by atoms with Crippen LogP contribution in [0, 0.1) is 0 Å². The Morgan fingerprint density at radius 2 is 2.12 bits per heavy atom. The first-order valence-electron chi connectivity index (χ1n) is 8.73. The number of aromatic nitrogens is 2. The molecule has 0 saturated heterocycles. The molecule has 0 bridgehead atoms. The Balaban J connectivity index is 1.81. The molecule has 6 heteroatoms. The van der Waals surface area contributed by atoms with Crippen LogP contribution in [0.15, 0.2) is 49.1 Å². The minimum Gasteiger partial charge on any atom is -0.383 e. The third-order valence-electron chi connectivity index (χ3n) is 4.00. The van der Waals surface area contributed by atoms with Crippen molar-refractivity contribution in [3.05, 3.63) is 54.6 Å². The second kappa shape index (κ2) is 10.5. The van der Waals surface area contributed by atoms with Crippen LogP contribution < -0.4 is 5.32 Å². The fourth-order valence-electron chi connectivity index (χ4n) is 2.69. The van der Waals surface area contributed by atoms with Crippen molar-refractivity contribution in [3.63, 3.8) is 0 Å². The summed E-state index contributed by atoms with van der Waals surface area (Å²) in [5, 5.41) is 3.06. The Bertz CT molecular complexity index is 601. The molecular weight excluding hydrogens is 316 g/mol. The smallest absolute Gasteiger partial charge is 0.317 e. The van der Waals surface area contributed by atoms with E-state index in [1.54, 1.807) is 19.6 Å². The molecule has 136 valence electrons. The fraction of sp³-hybridized carbons (Fsp3) is 0.474. The van der Waals surface area contributed by atoms with E-state index in [-0.39, 0.29) is 12.1 Å². The Morgan fingerprint density at radius 1 is 1.32 bits per heavy atom. The molecule has 1 heterocycles. The van der Waals surface area contributed by atoms with E-state index in [1.807, 2.05) is 40.8 Å². The number of imidazole rings is 1. The molecule has 2 aromatic rings. The molecule has 0 radical (unpaired) electrons. The number of urea groups is 1. The van der Waals surface area contributed by atoms with Crippen LogP contribution in [-0.2, 0) is 17.7 Å². The predicted octanol–water partition coefficient (Wildman–Crippen LogP) is 2.56. The zero-order valence-electron chi connectivity index (χ0n) is 15.1. The topological polar surface area (TPSA) is 59.4 Å². The highest BCUT2D eigenvalue weighted by atomic mass is 16.5. The van der Waals surface area contributed by atoms with E-state index in [2.05, 4.69) is 22.4 Å². The van der Waals surface area contributed by atoms with Gasteiger partial charge in [-0.15, -0.1) is 0 Å². The molecule has 1 N–H and O–H groups in total. The van der Waals surface area contributed by atoms with Crippen molar-refractivity contribution >= 4 is 6.03 Å². The van der Waals surface area contributed by atoms with Crippen LogP contribution in [0.2, 0.25) is 0 Å². The molecule has 0 aliphatic heterocycles. The van der Waals surface area contributed by atoms with Crippen LogP contribution in [0.5, 0.6) is 0 Å². The molecule has 1 atom stereocenters. The SMILES string of the molecule is COCCN(CCCc1ccccc1)C(=O)NC(C)Cn1ccnc1. The van der Waals surface area contributed by atoms with Gasteiger partial charge in [0.15, 0.2) is 0 Å². The van der Waals surface area contributed by atoms with Gasteiger partial charge in [-0.1, -0.05) is 30.3 Å². The number of methoxy groups -OCH3 is 1. The number of rotatable bonds is 10. The number of ether oxygens (including phenoxy) is 1. The van der Waals surface area contributed by atoms with Gasteiger partial charge in [0.1, 0.15) is 0 Å². The number of carbonyl (C=O) groups is 1. The van der Waals surface area contributed by atoms with Gasteiger partial charge in [0.25, 0.3) is 0 Å². The number of nitrogens with zero attached hydrogens (tertiary/aromatic N) is 3. The van der Waals surface area contributed by atoms with Crippen molar-refractivity contribution in [2.24, 2.45) is 0 Å². The van der Waals surface area contributed by atoms with E-state index in [0.717, 1.165) is 12.8 Å². The summed E-state index contributed by atoms with van der Waals surface area (Å²) in [5.74, 6) is 0. The van der Waals surface area contributed by atoms with Crippen molar-refractivity contribution in [3.8, 4) is 0 Å². The van der Waals surface area contributed by atoms with E-state index in [9.17, 15) is 4.79 Å². The third kappa shape index (κ3) is 6.97. The molecule has 25 heavy (non-hydrogen) atoms. The lowest BCUT2D eigenvalue weighted by atomic mass is 10.1. The lowest BCUT2D eigenvalue weighted by molar-refractivity contribution is 0.146. The second-order valence-electron chi connectivity index (χ2n) is 6.18. The van der Waals surface area contributed by atoms with Gasteiger partial charge in [0, 0.05) is 45.2 Å². The summed E-state index contributed by atoms with van der Waals surface area (Å²) in [5.41, 5.74) is 1.29. The van der Waals surface area contributed by atoms with Crippen molar-refractivity contribution in [2.45, 2.75) is 32.4 Å². The van der Waals surface area contributed by atoms with Crippen LogP contribution in [0.25, 0.3) is 0 Å². The number of aryl methyl sites for hydroxylation is 1. The standard InChI is InChI=1S/C19H28N4O2/c1-17(15-22-12-10-20-16-22)21-19(24)23(13-14-25-2)11-6-9-18-7-4-3-5-8-18/h3-5,7-8,10,12,16-17H,6,9,11,13-15H2,1-2H3,(H,21,24). The molecular formula is C19H28N4O2. The molecule has 0 saturated carbocycles. The van der Waals surface area contributed by atoms with Gasteiger partial charge in [-0.3, -0.25) is 0 Å². The number of nitrogens with one attached hydrogen (secondary N) is 1. The highest BCUT2D eigenvalue weighted by Crippen LogP contribution is 2.04. The van der Waals surface area contributed by atoms with Gasteiger partial charge in [0.05, 0.1) is 12.9 Å². The summed E-state index contributed by atoms with van der Waals surface area (Å²) in [6.45, 7) is 4.54. The van der Waals surface area contributed by atoms with Crippen LogP contribution in [0.3, 0.4) is 0 Å². The van der Waals surface area contributed by atoms with Gasteiger partial charge < -0.3 is 19.5 Å². The Hall–Kier alpha value is -2.34.